The van der Waals surface area contributed by atoms with Gasteiger partial charge in [0.1, 0.15) is 0 Å². The summed E-state index contributed by atoms with van der Waals surface area (Å²) in [4.78, 5) is 27.3. The highest BCUT2D eigenvalue weighted by atomic mass is 16.5. The zero-order chi connectivity index (χ0) is 22.6. The van der Waals surface area contributed by atoms with Gasteiger partial charge < -0.3 is 19.7 Å². The summed E-state index contributed by atoms with van der Waals surface area (Å²) in [5, 5.41) is 2.74. The van der Waals surface area contributed by atoms with Crippen molar-refractivity contribution in [3.8, 4) is 11.5 Å². The van der Waals surface area contributed by atoms with Crippen molar-refractivity contribution in [2.45, 2.75) is 45.1 Å². The highest BCUT2D eigenvalue weighted by Gasteiger charge is 2.30. The van der Waals surface area contributed by atoms with Crippen LogP contribution in [0, 0.1) is 0 Å². The normalized spacial score (nSPS) is 16.2. The lowest BCUT2D eigenvalue weighted by molar-refractivity contribution is -0.131. The lowest BCUT2D eigenvalue weighted by Gasteiger charge is -2.26. The van der Waals surface area contributed by atoms with E-state index in [1.54, 1.807) is 25.3 Å². The topological polar surface area (TPSA) is 67.9 Å². The molecule has 0 aromatic heterocycles. The van der Waals surface area contributed by atoms with E-state index in [2.05, 4.69) is 50.4 Å². The minimum Gasteiger partial charge on any atom is -0.493 e. The van der Waals surface area contributed by atoms with Crippen LogP contribution in [-0.2, 0) is 10.2 Å². The van der Waals surface area contributed by atoms with E-state index in [-0.39, 0.29) is 29.8 Å². The summed E-state index contributed by atoms with van der Waals surface area (Å²) in [5.74, 6) is 0.628. The molecule has 1 aliphatic rings. The SMILES string of the molecule is COc1ccc(C(=O)NCC(=O)N2CCCC2c2ccc(C(C)(C)C)cc2)cc1OC. The highest BCUT2D eigenvalue weighted by Crippen LogP contribution is 2.33. The van der Waals surface area contributed by atoms with E-state index < -0.39 is 0 Å². The Morgan fingerprint density at radius 1 is 1.03 bits per heavy atom. The average molecular weight is 425 g/mol. The lowest BCUT2D eigenvalue weighted by atomic mass is 9.86. The molecule has 1 unspecified atom stereocenters. The molecule has 0 bridgehead atoms. The molecule has 1 saturated heterocycles. The Hall–Kier alpha value is -3.02. The van der Waals surface area contributed by atoms with Crippen molar-refractivity contribution in [3.63, 3.8) is 0 Å². The van der Waals surface area contributed by atoms with Gasteiger partial charge in [0.05, 0.1) is 26.8 Å². The van der Waals surface area contributed by atoms with Gasteiger partial charge in [-0.25, -0.2) is 0 Å². The number of methoxy groups -OCH3 is 2. The van der Waals surface area contributed by atoms with Crippen molar-refractivity contribution in [1.29, 1.82) is 0 Å². The van der Waals surface area contributed by atoms with Crippen molar-refractivity contribution in [3.05, 3.63) is 59.2 Å². The van der Waals surface area contributed by atoms with Crippen molar-refractivity contribution < 1.29 is 19.1 Å². The molecule has 6 heteroatoms. The Balaban J connectivity index is 1.64. The zero-order valence-corrected chi connectivity index (χ0v) is 19.0. The number of carbonyl (C=O) groups is 2. The summed E-state index contributed by atoms with van der Waals surface area (Å²) in [5.41, 5.74) is 2.93. The summed E-state index contributed by atoms with van der Waals surface area (Å²) < 4.78 is 10.4. The second-order valence-electron chi connectivity index (χ2n) is 8.87. The standard InChI is InChI=1S/C25H32N2O4/c1-25(2,3)19-11-8-17(9-12-19)20-7-6-14-27(20)23(28)16-26-24(29)18-10-13-21(30-4)22(15-18)31-5/h8-13,15,20H,6-7,14,16H2,1-5H3,(H,26,29). The number of nitrogens with zero attached hydrogens (tertiary/aromatic N) is 1. The summed E-state index contributed by atoms with van der Waals surface area (Å²) in [7, 11) is 3.06. The molecule has 1 N–H and O–H groups in total. The van der Waals surface area contributed by atoms with Gasteiger partial charge >= 0.3 is 0 Å². The van der Waals surface area contributed by atoms with Gasteiger partial charge in [0, 0.05) is 12.1 Å². The second kappa shape index (κ2) is 9.41. The van der Waals surface area contributed by atoms with Gasteiger partial charge in [0.2, 0.25) is 5.91 Å². The van der Waals surface area contributed by atoms with Crippen molar-refractivity contribution in [1.82, 2.24) is 10.2 Å². The molecule has 31 heavy (non-hydrogen) atoms. The number of nitrogens with one attached hydrogen (secondary N) is 1. The Morgan fingerprint density at radius 3 is 2.32 bits per heavy atom. The van der Waals surface area contributed by atoms with Gasteiger partial charge in [-0.05, 0) is 47.6 Å². The fourth-order valence-corrected chi connectivity index (χ4v) is 3.95. The van der Waals surface area contributed by atoms with Gasteiger partial charge in [-0.2, -0.15) is 0 Å². The van der Waals surface area contributed by atoms with Gasteiger partial charge in [-0.3, -0.25) is 9.59 Å². The number of hydrogen-bond donors (Lipinski definition) is 1. The van der Waals surface area contributed by atoms with Gasteiger partial charge in [-0.15, -0.1) is 0 Å². The quantitative estimate of drug-likeness (QED) is 0.758. The van der Waals surface area contributed by atoms with Crippen LogP contribution >= 0.6 is 0 Å². The molecule has 1 aliphatic heterocycles. The van der Waals surface area contributed by atoms with Crippen LogP contribution in [0.4, 0.5) is 0 Å². The van der Waals surface area contributed by atoms with Gasteiger partial charge in [0.25, 0.3) is 5.91 Å². The van der Waals surface area contributed by atoms with E-state index in [9.17, 15) is 9.59 Å². The summed E-state index contributed by atoms with van der Waals surface area (Å²) in [6.07, 6.45) is 1.89. The molecule has 0 aliphatic carbocycles. The minimum atomic E-state index is -0.320. The number of rotatable bonds is 6. The van der Waals surface area contributed by atoms with E-state index >= 15 is 0 Å². The maximum Gasteiger partial charge on any atom is 0.251 e. The smallest absolute Gasteiger partial charge is 0.251 e. The summed E-state index contributed by atoms with van der Waals surface area (Å²) in [6.45, 7) is 7.23. The minimum absolute atomic E-state index is 0.0379. The van der Waals surface area contributed by atoms with Crippen molar-refractivity contribution in [2.24, 2.45) is 0 Å². The number of amides is 2. The first-order chi connectivity index (χ1) is 14.7. The molecule has 0 spiro atoms. The predicted octanol–water partition coefficient (Wildman–Crippen LogP) is 4.09. The van der Waals surface area contributed by atoms with E-state index in [1.165, 1.54) is 12.7 Å². The molecular weight excluding hydrogens is 392 g/mol. The third kappa shape index (κ3) is 5.19. The molecule has 2 amide bonds. The molecule has 0 saturated carbocycles. The van der Waals surface area contributed by atoms with Gasteiger partial charge in [-0.1, -0.05) is 45.0 Å². The number of likely N-dealkylation sites (tertiary alicyclic amines) is 1. The number of hydrogen-bond acceptors (Lipinski definition) is 4. The van der Waals surface area contributed by atoms with Crippen LogP contribution in [0.2, 0.25) is 0 Å². The lowest BCUT2D eigenvalue weighted by Crippen LogP contribution is -2.39. The van der Waals surface area contributed by atoms with Crippen LogP contribution in [0.25, 0.3) is 0 Å². The number of carbonyl (C=O) groups excluding carboxylic acids is 2. The van der Waals surface area contributed by atoms with E-state index in [0.717, 1.165) is 18.4 Å². The summed E-state index contributed by atoms with van der Waals surface area (Å²) in [6, 6.07) is 13.5. The van der Waals surface area contributed by atoms with Gasteiger partial charge in [0.15, 0.2) is 11.5 Å². The first-order valence-electron chi connectivity index (χ1n) is 10.6. The first kappa shape index (κ1) is 22.7. The van der Waals surface area contributed by atoms with Crippen molar-refractivity contribution >= 4 is 11.8 Å². The maximum absolute atomic E-state index is 12.9. The van der Waals surface area contributed by atoms with Crippen LogP contribution in [0.3, 0.4) is 0 Å². The predicted molar refractivity (Wildman–Crippen MR) is 121 cm³/mol. The molecule has 166 valence electrons. The largest absolute Gasteiger partial charge is 0.493 e. The molecule has 3 rings (SSSR count). The van der Waals surface area contributed by atoms with Crippen LogP contribution in [0.1, 0.15) is 61.1 Å². The van der Waals surface area contributed by atoms with E-state index in [4.69, 9.17) is 9.47 Å². The fraction of sp³-hybridized carbons (Fsp3) is 0.440. The molecular formula is C25H32N2O4. The molecule has 2 aromatic carbocycles. The highest BCUT2D eigenvalue weighted by molar-refractivity contribution is 5.97. The Labute approximate surface area is 184 Å². The molecule has 1 heterocycles. The van der Waals surface area contributed by atoms with Crippen LogP contribution in [-0.4, -0.2) is 44.0 Å². The third-order valence-corrected chi connectivity index (χ3v) is 5.78. The zero-order valence-electron chi connectivity index (χ0n) is 19.0. The monoisotopic (exact) mass is 424 g/mol. The fourth-order valence-electron chi connectivity index (χ4n) is 3.95. The van der Waals surface area contributed by atoms with Crippen molar-refractivity contribution in [2.75, 3.05) is 27.3 Å². The number of ether oxygens (including phenoxy) is 2. The molecule has 1 atom stereocenters. The maximum atomic E-state index is 12.9. The first-order valence-corrected chi connectivity index (χ1v) is 10.6. The van der Waals surface area contributed by atoms with Crippen LogP contribution in [0.5, 0.6) is 11.5 Å². The second-order valence-corrected chi connectivity index (χ2v) is 8.87. The number of benzene rings is 2. The van der Waals surface area contributed by atoms with Crippen LogP contribution in [0.15, 0.2) is 42.5 Å². The summed E-state index contributed by atoms with van der Waals surface area (Å²) >= 11 is 0. The molecule has 0 radical (unpaired) electrons. The van der Waals surface area contributed by atoms with E-state index in [1.807, 2.05) is 4.90 Å². The Kier molecular flexibility index (Phi) is 6.88. The Bertz CT molecular complexity index is 932. The van der Waals surface area contributed by atoms with Crippen LogP contribution < -0.4 is 14.8 Å². The Morgan fingerprint density at radius 2 is 1.71 bits per heavy atom. The molecule has 1 fully saturated rings. The average Bonchev–Trinajstić information content (AvgIpc) is 3.26. The molecule has 2 aromatic rings. The third-order valence-electron chi connectivity index (χ3n) is 5.78. The molecule has 6 nitrogen and oxygen atoms in total. The van der Waals surface area contributed by atoms with E-state index in [0.29, 0.717) is 23.6 Å².